The Kier molecular flexibility index (Phi) is 5.95. The van der Waals surface area contributed by atoms with E-state index in [1.165, 1.54) is 0 Å². The normalized spacial score (nSPS) is 11.9. The van der Waals surface area contributed by atoms with Crippen molar-refractivity contribution < 1.29 is 9.50 Å². The molecular weight excluding hydrogens is 241 g/mol. The second kappa shape index (κ2) is 7.01. The first-order valence-electron chi connectivity index (χ1n) is 7.05. The average Bonchev–Trinajstić information content (AvgIpc) is 2.41. The van der Waals surface area contributed by atoms with Gasteiger partial charge in [0.05, 0.1) is 0 Å². The van der Waals surface area contributed by atoms with Crippen molar-refractivity contribution in [1.29, 1.82) is 0 Å². The van der Waals surface area contributed by atoms with Crippen molar-refractivity contribution in [3.05, 3.63) is 34.6 Å². The number of nitrogens with one attached hydrogen (secondary N) is 1. The van der Waals surface area contributed by atoms with Gasteiger partial charge in [-0.1, -0.05) is 26.0 Å². The van der Waals surface area contributed by atoms with Crippen molar-refractivity contribution in [3.8, 4) is 0 Å². The van der Waals surface area contributed by atoms with Crippen molar-refractivity contribution in [2.45, 2.75) is 47.1 Å². The summed E-state index contributed by atoms with van der Waals surface area (Å²) in [5.74, 6) is -0.115. The van der Waals surface area contributed by atoms with Crippen molar-refractivity contribution >= 4 is 0 Å². The Morgan fingerprint density at radius 2 is 1.68 bits per heavy atom. The highest BCUT2D eigenvalue weighted by Crippen LogP contribution is 2.24. The fraction of sp³-hybridized carbons (Fsp3) is 0.625. The molecule has 0 heterocycles. The first-order valence-corrected chi connectivity index (χ1v) is 7.05. The Balaban J connectivity index is 2.63. The molecule has 0 aliphatic heterocycles. The minimum Gasteiger partial charge on any atom is -0.396 e. The molecule has 0 amide bonds. The highest BCUT2D eigenvalue weighted by atomic mass is 19.1. The van der Waals surface area contributed by atoms with Crippen molar-refractivity contribution in [1.82, 2.24) is 5.32 Å². The van der Waals surface area contributed by atoms with Crippen LogP contribution in [-0.4, -0.2) is 18.3 Å². The van der Waals surface area contributed by atoms with Gasteiger partial charge in [0.15, 0.2) is 0 Å². The molecule has 19 heavy (non-hydrogen) atoms. The Hall–Kier alpha value is -0.930. The molecule has 1 rings (SSSR count). The number of halogens is 1. The smallest absolute Gasteiger partial charge is 0.129 e. The lowest BCUT2D eigenvalue weighted by Crippen LogP contribution is -2.36. The molecule has 0 radical (unpaired) electrons. The van der Waals surface area contributed by atoms with E-state index in [1.54, 1.807) is 13.8 Å². The van der Waals surface area contributed by atoms with Crippen molar-refractivity contribution in [3.63, 3.8) is 0 Å². The number of rotatable bonds is 7. The molecule has 0 fully saturated rings. The van der Waals surface area contributed by atoms with E-state index in [1.807, 2.05) is 12.1 Å². The summed E-state index contributed by atoms with van der Waals surface area (Å²) in [7, 11) is 0. The van der Waals surface area contributed by atoms with E-state index in [2.05, 4.69) is 19.2 Å². The van der Waals surface area contributed by atoms with E-state index < -0.39 is 0 Å². The monoisotopic (exact) mass is 267 g/mol. The molecule has 0 aliphatic carbocycles. The Bertz CT molecular complexity index is 382. The van der Waals surface area contributed by atoms with Crippen LogP contribution in [-0.2, 0) is 6.54 Å². The molecule has 2 nitrogen and oxygen atoms in total. The van der Waals surface area contributed by atoms with Crippen LogP contribution in [0.1, 0.15) is 43.4 Å². The van der Waals surface area contributed by atoms with E-state index in [9.17, 15) is 9.50 Å². The largest absolute Gasteiger partial charge is 0.396 e. The lowest BCUT2D eigenvalue weighted by molar-refractivity contribution is 0.113. The third kappa shape index (κ3) is 4.02. The van der Waals surface area contributed by atoms with Gasteiger partial charge in [-0.25, -0.2) is 4.39 Å². The van der Waals surface area contributed by atoms with Crippen LogP contribution in [0.5, 0.6) is 0 Å². The second-order valence-corrected chi connectivity index (χ2v) is 5.51. The molecule has 0 bridgehead atoms. The number of benzene rings is 1. The second-order valence-electron chi connectivity index (χ2n) is 5.51. The first-order chi connectivity index (χ1) is 8.98. The predicted octanol–water partition coefficient (Wildman–Crippen LogP) is 3.33. The maximum Gasteiger partial charge on any atom is 0.129 e. The summed E-state index contributed by atoms with van der Waals surface area (Å²) >= 11 is 0. The molecule has 1 aromatic rings. The van der Waals surface area contributed by atoms with E-state index in [-0.39, 0.29) is 17.8 Å². The summed E-state index contributed by atoms with van der Waals surface area (Å²) in [5, 5.41) is 12.9. The molecule has 0 saturated carbocycles. The standard InChI is InChI=1S/C16H26FNO/c1-5-16(6-2,11-19)10-18-9-14-7-12(3)15(17)13(4)8-14/h7-8,18-19H,5-6,9-11H2,1-4H3. The summed E-state index contributed by atoms with van der Waals surface area (Å²) in [6.07, 6.45) is 1.91. The summed E-state index contributed by atoms with van der Waals surface area (Å²) in [5.41, 5.74) is 2.44. The molecule has 0 aliphatic rings. The minimum absolute atomic E-state index is 0.0376. The Labute approximate surface area is 116 Å². The number of hydrogen-bond acceptors (Lipinski definition) is 2. The predicted molar refractivity (Wildman–Crippen MR) is 77.7 cm³/mol. The number of aliphatic hydroxyl groups excluding tert-OH is 1. The summed E-state index contributed by atoms with van der Waals surface area (Å²) in [6.45, 7) is 9.50. The van der Waals surface area contributed by atoms with Crippen LogP contribution in [0.4, 0.5) is 4.39 Å². The molecule has 0 aromatic heterocycles. The van der Waals surface area contributed by atoms with Crippen LogP contribution in [0.25, 0.3) is 0 Å². The molecule has 0 unspecified atom stereocenters. The van der Waals surface area contributed by atoms with Gasteiger partial charge in [0.25, 0.3) is 0 Å². The Morgan fingerprint density at radius 1 is 1.16 bits per heavy atom. The van der Waals surface area contributed by atoms with Gasteiger partial charge >= 0.3 is 0 Å². The van der Waals surface area contributed by atoms with Gasteiger partial charge in [-0.15, -0.1) is 0 Å². The average molecular weight is 267 g/mol. The van der Waals surface area contributed by atoms with Crippen LogP contribution in [0.2, 0.25) is 0 Å². The van der Waals surface area contributed by atoms with Gasteiger partial charge in [0.2, 0.25) is 0 Å². The number of hydrogen-bond donors (Lipinski definition) is 2. The van der Waals surface area contributed by atoms with E-state index in [4.69, 9.17) is 0 Å². The topological polar surface area (TPSA) is 32.3 Å². The minimum atomic E-state index is -0.115. The third-order valence-corrected chi connectivity index (χ3v) is 4.16. The zero-order valence-electron chi connectivity index (χ0n) is 12.5. The van der Waals surface area contributed by atoms with E-state index in [0.717, 1.165) is 24.9 Å². The van der Waals surface area contributed by atoms with E-state index >= 15 is 0 Å². The molecular formula is C16H26FNO. The molecule has 0 atom stereocenters. The molecule has 3 heteroatoms. The highest BCUT2D eigenvalue weighted by Gasteiger charge is 2.24. The maximum absolute atomic E-state index is 13.5. The van der Waals surface area contributed by atoms with Gasteiger partial charge in [0, 0.05) is 25.1 Å². The number of aryl methyl sites for hydroxylation is 2. The van der Waals surface area contributed by atoms with Gasteiger partial charge in [0.1, 0.15) is 5.82 Å². The van der Waals surface area contributed by atoms with Gasteiger partial charge < -0.3 is 10.4 Å². The van der Waals surface area contributed by atoms with Crippen LogP contribution in [0.3, 0.4) is 0 Å². The lowest BCUT2D eigenvalue weighted by Gasteiger charge is -2.29. The van der Waals surface area contributed by atoms with Gasteiger partial charge in [-0.2, -0.15) is 0 Å². The molecule has 2 N–H and O–H groups in total. The quantitative estimate of drug-likeness (QED) is 0.794. The van der Waals surface area contributed by atoms with Crippen LogP contribution >= 0.6 is 0 Å². The molecule has 108 valence electrons. The van der Waals surface area contributed by atoms with Gasteiger partial charge in [-0.05, 0) is 43.4 Å². The van der Waals surface area contributed by atoms with Crippen molar-refractivity contribution in [2.75, 3.05) is 13.2 Å². The summed E-state index contributed by atoms with van der Waals surface area (Å²) in [6, 6.07) is 3.77. The third-order valence-electron chi connectivity index (χ3n) is 4.16. The fourth-order valence-electron chi connectivity index (χ4n) is 2.39. The highest BCUT2D eigenvalue weighted by molar-refractivity contribution is 5.30. The van der Waals surface area contributed by atoms with Gasteiger partial charge in [-0.3, -0.25) is 0 Å². The SMILES string of the molecule is CCC(CC)(CO)CNCc1cc(C)c(F)c(C)c1. The molecule has 0 spiro atoms. The zero-order valence-corrected chi connectivity index (χ0v) is 12.5. The number of aliphatic hydroxyl groups is 1. The zero-order chi connectivity index (χ0) is 14.5. The van der Waals surface area contributed by atoms with Crippen LogP contribution < -0.4 is 5.32 Å². The summed E-state index contributed by atoms with van der Waals surface area (Å²) < 4.78 is 13.5. The summed E-state index contributed by atoms with van der Waals surface area (Å²) in [4.78, 5) is 0. The van der Waals surface area contributed by atoms with E-state index in [0.29, 0.717) is 17.7 Å². The Morgan fingerprint density at radius 3 is 2.11 bits per heavy atom. The van der Waals surface area contributed by atoms with Crippen LogP contribution in [0.15, 0.2) is 12.1 Å². The van der Waals surface area contributed by atoms with Crippen LogP contribution in [0, 0.1) is 25.1 Å². The maximum atomic E-state index is 13.5. The lowest BCUT2D eigenvalue weighted by atomic mass is 9.83. The molecule has 0 saturated heterocycles. The fourth-order valence-corrected chi connectivity index (χ4v) is 2.39. The first kappa shape index (κ1) is 16.1. The van der Waals surface area contributed by atoms with Crippen molar-refractivity contribution in [2.24, 2.45) is 5.41 Å². The molecule has 1 aromatic carbocycles.